The summed E-state index contributed by atoms with van der Waals surface area (Å²) >= 11 is 0. The first-order valence-corrected chi connectivity index (χ1v) is 3.62. The van der Waals surface area contributed by atoms with Crippen molar-refractivity contribution in [2.24, 2.45) is 0 Å². The van der Waals surface area contributed by atoms with Crippen LogP contribution in [0.5, 0.6) is 0 Å². The van der Waals surface area contributed by atoms with Crippen molar-refractivity contribution in [3.05, 3.63) is 0 Å². The molecule has 0 N–H and O–H groups in total. The molecule has 0 saturated carbocycles. The topological polar surface area (TPSA) is 40.6 Å². The zero-order valence-corrected chi connectivity index (χ0v) is 6.83. The molecular formula is C7H12N2O2. The van der Waals surface area contributed by atoms with Crippen molar-refractivity contribution >= 4 is 11.8 Å². The van der Waals surface area contributed by atoms with Crippen LogP contribution in [0.25, 0.3) is 0 Å². The third kappa shape index (κ3) is 1.69. The van der Waals surface area contributed by atoms with Gasteiger partial charge in [0.1, 0.15) is 0 Å². The van der Waals surface area contributed by atoms with E-state index in [1.54, 1.807) is 9.80 Å². The highest BCUT2D eigenvalue weighted by Gasteiger charge is 2.22. The first-order valence-electron chi connectivity index (χ1n) is 3.62. The lowest BCUT2D eigenvalue weighted by Crippen LogP contribution is -2.31. The lowest BCUT2D eigenvalue weighted by atomic mass is 10.5. The van der Waals surface area contributed by atoms with Crippen LogP contribution in [0.2, 0.25) is 0 Å². The molecule has 1 heterocycles. The Labute approximate surface area is 65.8 Å². The molecule has 11 heavy (non-hydrogen) atoms. The van der Waals surface area contributed by atoms with Gasteiger partial charge in [0.15, 0.2) is 0 Å². The van der Waals surface area contributed by atoms with Gasteiger partial charge in [0.25, 0.3) is 0 Å². The van der Waals surface area contributed by atoms with E-state index in [0.29, 0.717) is 19.8 Å². The maximum absolute atomic E-state index is 10.8. The molecule has 0 unspecified atom stereocenters. The molecule has 0 bridgehead atoms. The Hall–Kier alpha value is -1.06. The first-order chi connectivity index (χ1) is 5.11. The third-order valence-electron chi connectivity index (χ3n) is 1.87. The molecule has 0 aliphatic carbocycles. The fraction of sp³-hybridized carbons (Fsp3) is 0.714. The van der Waals surface area contributed by atoms with E-state index in [1.807, 2.05) is 0 Å². The van der Waals surface area contributed by atoms with Crippen LogP contribution in [0.1, 0.15) is 13.8 Å². The largest absolute Gasteiger partial charge is 0.323 e. The van der Waals surface area contributed by atoms with Crippen LogP contribution in [0, 0.1) is 0 Å². The summed E-state index contributed by atoms with van der Waals surface area (Å²) in [4.78, 5) is 24.9. The fourth-order valence-electron chi connectivity index (χ4n) is 1.10. The summed E-state index contributed by atoms with van der Waals surface area (Å²) in [6.07, 6.45) is 0. The van der Waals surface area contributed by atoms with E-state index < -0.39 is 0 Å². The lowest BCUT2D eigenvalue weighted by molar-refractivity contribution is -0.131. The maximum Gasteiger partial charge on any atom is 0.220 e. The predicted molar refractivity (Wildman–Crippen MR) is 39.6 cm³/mol. The van der Waals surface area contributed by atoms with E-state index in [9.17, 15) is 9.59 Å². The van der Waals surface area contributed by atoms with Gasteiger partial charge in [-0.2, -0.15) is 0 Å². The monoisotopic (exact) mass is 156 g/mol. The van der Waals surface area contributed by atoms with Gasteiger partial charge in [-0.3, -0.25) is 9.59 Å². The van der Waals surface area contributed by atoms with Crippen molar-refractivity contribution in [1.29, 1.82) is 0 Å². The predicted octanol–water partition coefficient (Wildman–Crippen LogP) is -0.345. The highest BCUT2D eigenvalue weighted by atomic mass is 16.2. The van der Waals surface area contributed by atoms with Gasteiger partial charge >= 0.3 is 0 Å². The average Bonchev–Trinajstić information content (AvgIpc) is 2.33. The van der Waals surface area contributed by atoms with Gasteiger partial charge in [-0.15, -0.1) is 0 Å². The molecule has 1 saturated heterocycles. The second-order valence-corrected chi connectivity index (χ2v) is 2.71. The fourth-order valence-corrected chi connectivity index (χ4v) is 1.10. The standard InChI is InChI=1S/C7H12N2O2/c1-6(10)8-3-4-9(5-8)7(2)11/h3-5H2,1-2H3. The summed E-state index contributed by atoms with van der Waals surface area (Å²) in [7, 11) is 0. The molecule has 4 heteroatoms. The van der Waals surface area contributed by atoms with Gasteiger partial charge in [-0.05, 0) is 0 Å². The van der Waals surface area contributed by atoms with Gasteiger partial charge in [-0.1, -0.05) is 0 Å². The number of amides is 2. The Morgan fingerprint density at radius 1 is 1.00 bits per heavy atom. The zero-order valence-electron chi connectivity index (χ0n) is 6.83. The number of hydrogen-bond acceptors (Lipinski definition) is 2. The lowest BCUT2D eigenvalue weighted by Gasteiger charge is -2.14. The van der Waals surface area contributed by atoms with Crippen LogP contribution < -0.4 is 0 Å². The van der Waals surface area contributed by atoms with Crippen LogP contribution in [0.15, 0.2) is 0 Å². The molecule has 2 amide bonds. The number of hydrogen-bond donors (Lipinski definition) is 0. The van der Waals surface area contributed by atoms with E-state index in [0.717, 1.165) is 0 Å². The highest BCUT2D eigenvalue weighted by Crippen LogP contribution is 2.04. The molecule has 1 aliphatic rings. The summed E-state index contributed by atoms with van der Waals surface area (Å²) in [5.41, 5.74) is 0. The number of carbonyl (C=O) groups excluding carboxylic acids is 2. The van der Waals surface area contributed by atoms with Crippen LogP contribution in [0.3, 0.4) is 0 Å². The van der Waals surface area contributed by atoms with Crippen LogP contribution in [0.4, 0.5) is 0 Å². The first kappa shape index (κ1) is 8.04. The van der Waals surface area contributed by atoms with E-state index in [4.69, 9.17) is 0 Å². The van der Waals surface area contributed by atoms with Gasteiger partial charge in [-0.25, -0.2) is 0 Å². The normalized spacial score (nSPS) is 17.3. The zero-order chi connectivity index (χ0) is 8.43. The van der Waals surface area contributed by atoms with Crippen LogP contribution >= 0.6 is 0 Å². The summed E-state index contributed by atoms with van der Waals surface area (Å²) in [5, 5.41) is 0. The molecule has 1 rings (SSSR count). The molecule has 0 aromatic heterocycles. The summed E-state index contributed by atoms with van der Waals surface area (Å²) in [5.74, 6) is 0.0718. The van der Waals surface area contributed by atoms with Crippen molar-refractivity contribution < 1.29 is 9.59 Å². The van der Waals surface area contributed by atoms with Crippen LogP contribution in [-0.4, -0.2) is 41.4 Å². The van der Waals surface area contributed by atoms with Gasteiger partial charge < -0.3 is 9.80 Å². The number of nitrogens with zero attached hydrogens (tertiary/aromatic N) is 2. The molecule has 4 nitrogen and oxygen atoms in total. The SMILES string of the molecule is CC(=O)N1CCN(C(C)=O)C1. The molecule has 62 valence electrons. The Balaban J connectivity index is 2.47. The number of carbonyl (C=O) groups is 2. The minimum Gasteiger partial charge on any atom is -0.323 e. The van der Waals surface area contributed by atoms with Crippen molar-refractivity contribution in [3.63, 3.8) is 0 Å². The molecule has 0 atom stereocenters. The molecule has 0 aromatic carbocycles. The van der Waals surface area contributed by atoms with Crippen LogP contribution in [-0.2, 0) is 9.59 Å². The van der Waals surface area contributed by atoms with Crippen molar-refractivity contribution in [1.82, 2.24) is 9.80 Å². The Bertz CT molecular complexity index is 171. The average molecular weight is 156 g/mol. The Morgan fingerprint density at radius 2 is 1.36 bits per heavy atom. The van der Waals surface area contributed by atoms with Gasteiger partial charge in [0, 0.05) is 26.9 Å². The number of rotatable bonds is 0. The Kier molecular flexibility index (Phi) is 2.12. The van der Waals surface area contributed by atoms with Gasteiger partial charge in [0.2, 0.25) is 11.8 Å². The maximum atomic E-state index is 10.8. The second kappa shape index (κ2) is 2.90. The minimum absolute atomic E-state index is 0.0359. The smallest absolute Gasteiger partial charge is 0.220 e. The Morgan fingerprint density at radius 3 is 1.55 bits per heavy atom. The molecular weight excluding hydrogens is 144 g/mol. The van der Waals surface area contributed by atoms with E-state index in [-0.39, 0.29) is 11.8 Å². The quantitative estimate of drug-likeness (QED) is 0.481. The van der Waals surface area contributed by atoms with E-state index in [1.165, 1.54) is 13.8 Å². The van der Waals surface area contributed by atoms with E-state index in [2.05, 4.69) is 0 Å². The third-order valence-corrected chi connectivity index (χ3v) is 1.87. The summed E-state index contributed by atoms with van der Waals surface area (Å²) in [6.45, 7) is 4.85. The molecule has 1 aliphatic heterocycles. The molecule has 0 aromatic rings. The van der Waals surface area contributed by atoms with Crippen molar-refractivity contribution in [2.45, 2.75) is 13.8 Å². The van der Waals surface area contributed by atoms with E-state index >= 15 is 0 Å². The van der Waals surface area contributed by atoms with Gasteiger partial charge in [0.05, 0.1) is 6.67 Å². The molecule has 1 fully saturated rings. The summed E-state index contributed by atoms with van der Waals surface area (Å²) < 4.78 is 0. The molecule has 0 radical (unpaired) electrons. The highest BCUT2D eigenvalue weighted by molar-refractivity contribution is 5.77. The second-order valence-electron chi connectivity index (χ2n) is 2.71. The van der Waals surface area contributed by atoms with Crippen molar-refractivity contribution in [2.75, 3.05) is 19.8 Å². The summed E-state index contributed by atoms with van der Waals surface area (Å²) in [6, 6.07) is 0. The van der Waals surface area contributed by atoms with Crippen molar-refractivity contribution in [3.8, 4) is 0 Å². The minimum atomic E-state index is 0.0359. The molecule has 0 spiro atoms.